The fourth-order valence-corrected chi connectivity index (χ4v) is 1.10. The van der Waals surface area contributed by atoms with E-state index in [9.17, 15) is 0 Å². The Bertz CT molecular complexity index is 333. The van der Waals surface area contributed by atoms with Crippen LogP contribution in [-0.4, -0.2) is 22.3 Å². The summed E-state index contributed by atoms with van der Waals surface area (Å²) < 4.78 is 0.925. The van der Waals surface area contributed by atoms with Gasteiger partial charge in [-0.15, -0.1) is 0 Å². The zero-order chi connectivity index (χ0) is 9.68. The van der Waals surface area contributed by atoms with Crippen LogP contribution in [0, 0.1) is 0 Å². The van der Waals surface area contributed by atoms with Gasteiger partial charge in [0.25, 0.3) is 0 Å². The Kier molecular flexibility index (Phi) is 3.45. The Hall–Kier alpha value is -1.36. The van der Waals surface area contributed by atoms with Gasteiger partial charge in [-0.25, -0.2) is 0 Å². The number of nitrogens with zero attached hydrogens (tertiary/aromatic N) is 2. The molecule has 0 aliphatic rings. The molecule has 5 heteroatoms. The van der Waals surface area contributed by atoms with E-state index in [1.807, 2.05) is 0 Å². The first-order valence-corrected chi connectivity index (χ1v) is 4.22. The van der Waals surface area contributed by atoms with Crippen molar-refractivity contribution in [1.29, 1.82) is 0 Å². The lowest BCUT2D eigenvalue weighted by Crippen LogP contribution is -2.01. The van der Waals surface area contributed by atoms with Gasteiger partial charge in [0.1, 0.15) is 5.71 Å². The van der Waals surface area contributed by atoms with Gasteiger partial charge in [0, 0.05) is 10.0 Å². The maximum absolute atomic E-state index is 8.55. The number of benzene rings is 1. The molecule has 0 radical (unpaired) electrons. The number of halogens is 1. The third-order valence-electron chi connectivity index (χ3n) is 1.43. The maximum atomic E-state index is 8.55. The van der Waals surface area contributed by atoms with Crippen LogP contribution < -0.4 is 0 Å². The summed E-state index contributed by atoms with van der Waals surface area (Å²) in [5.41, 5.74) is 0.874. The Labute approximate surface area is 83.3 Å². The van der Waals surface area contributed by atoms with Crippen LogP contribution in [0.4, 0.5) is 0 Å². The maximum Gasteiger partial charge on any atom is 0.131 e. The summed E-state index contributed by atoms with van der Waals surface area (Å²) in [6, 6.07) is 7.07. The smallest absolute Gasteiger partial charge is 0.131 e. The minimum absolute atomic E-state index is 0.204. The molecular weight excluding hydrogens is 236 g/mol. The molecule has 0 unspecified atom stereocenters. The predicted molar refractivity (Wildman–Crippen MR) is 52.7 cm³/mol. The highest BCUT2D eigenvalue weighted by molar-refractivity contribution is 9.10. The van der Waals surface area contributed by atoms with Gasteiger partial charge in [-0.05, 0) is 12.1 Å². The van der Waals surface area contributed by atoms with Crippen LogP contribution in [0.3, 0.4) is 0 Å². The lowest BCUT2D eigenvalue weighted by Gasteiger charge is -1.97. The van der Waals surface area contributed by atoms with Gasteiger partial charge in [0.05, 0.1) is 6.21 Å². The van der Waals surface area contributed by atoms with Gasteiger partial charge in [0.15, 0.2) is 0 Å². The number of rotatable bonds is 2. The predicted octanol–water partition coefficient (Wildman–Crippen LogP) is 2.09. The molecule has 0 aliphatic carbocycles. The second kappa shape index (κ2) is 4.61. The second-order valence-electron chi connectivity index (χ2n) is 2.24. The summed E-state index contributed by atoms with van der Waals surface area (Å²) in [6.07, 6.45) is 1.06. The zero-order valence-corrected chi connectivity index (χ0v) is 8.14. The minimum atomic E-state index is 0.204. The first kappa shape index (κ1) is 9.73. The summed E-state index contributed by atoms with van der Waals surface area (Å²) >= 11 is 3.27. The van der Waals surface area contributed by atoms with Crippen molar-refractivity contribution in [1.82, 2.24) is 0 Å². The molecule has 0 aromatic heterocycles. The van der Waals surface area contributed by atoms with E-state index < -0.39 is 0 Å². The van der Waals surface area contributed by atoms with Crippen molar-refractivity contribution in [3.8, 4) is 0 Å². The third kappa shape index (κ3) is 2.55. The van der Waals surface area contributed by atoms with Crippen molar-refractivity contribution in [2.45, 2.75) is 0 Å². The van der Waals surface area contributed by atoms with E-state index >= 15 is 0 Å². The van der Waals surface area contributed by atoms with Crippen molar-refractivity contribution in [3.63, 3.8) is 0 Å². The normalized spacial score (nSPS) is 12.2. The van der Waals surface area contributed by atoms with E-state index in [1.54, 1.807) is 24.3 Å². The monoisotopic (exact) mass is 242 g/mol. The fraction of sp³-hybridized carbons (Fsp3) is 0. The van der Waals surface area contributed by atoms with Crippen LogP contribution in [0.1, 0.15) is 5.56 Å². The van der Waals surface area contributed by atoms with E-state index in [0.29, 0.717) is 5.56 Å². The van der Waals surface area contributed by atoms with Crippen molar-refractivity contribution in [2.24, 2.45) is 10.3 Å². The largest absolute Gasteiger partial charge is 0.411 e. The highest BCUT2D eigenvalue weighted by atomic mass is 79.9. The molecular formula is C8H7BrN2O2. The van der Waals surface area contributed by atoms with Crippen LogP contribution in [0.15, 0.2) is 39.0 Å². The summed E-state index contributed by atoms with van der Waals surface area (Å²) in [5, 5.41) is 22.6. The molecule has 0 saturated carbocycles. The summed E-state index contributed by atoms with van der Waals surface area (Å²) in [6.45, 7) is 0. The molecule has 1 rings (SSSR count). The Morgan fingerprint density at radius 2 is 1.85 bits per heavy atom. The fourth-order valence-electron chi connectivity index (χ4n) is 0.833. The first-order chi connectivity index (χ1) is 6.27. The lowest BCUT2D eigenvalue weighted by molar-refractivity contribution is 0.316. The van der Waals surface area contributed by atoms with E-state index in [2.05, 4.69) is 26.2 Å². The molecule has 0 aliphatic heterocycles. The SMILES string of the molecule is O/N=C(\C=N\O)c1ccc(Br)cc1. The highest BCUT2D eigenvalue weighted by Gasteiger charge is 2.00. The van der Waals surface area contributed by atoms with Gasteiger partial charge in [-0.2, -0.15) is 0 Å². The standard InChI is InChI=1S/C8H7BrN2O2/c9-7-3-1-6(2-4-7)8(11-13)5-10-12/h1-5,12-13H/b10-5+,11-8+. The Balaban J connectivity index is 3.00. The minimum Gasteiger partial charge on any atom is -0.411 e. The van der Waals surface area contributed by atoms with Crippen molar-refractivity contribution in [3.05, 3.63) is 34.3 Å². The van der Waals surface area contributed by atoms with E-state index in [1.165, 1.54) is 0 Å². The number of oxime groups is 2. The second-order valence-corrected chi connectivity index (χ2v) is 3.15. The van der Waals surface area contributed by atoms with Crippen LogP contribution in [0.25, 0.3) is 0 Å². The topological polar surface area (TPSA) is 65.2 Å². The van der Waals surface area contributed by atoms with Crippen LogP contribution in [-0.2, 0) is 0 Å². The quantitative estimate of drug-likeness (QED) is 0.474. The molecule has 1 aromatic carbocycles. The summed E-state index contributed by atoms with van der Waals surface area (Å²) in [7, 11) is 0. The van der Waals surface area contributed by atoms with Gasteiger partial charge in [-0.3, -0.25) is 0 Å². The molecule has 13 heavy (non-hydrogen) atoms. The molecule has 68 valence electrons. The van der Waals surface area contributed by atoms with Gasteiger partial charge in [0.2, 0.25) is 0 Å². The van der Waals surface area contributed by atoms with Gasteiger partial charge >= 0.3 is 0 Å². The zero-order valence-electron chi connectivity index (χ0n) is 6.55. The van der Waals surface area contributed by atoms with E-state index in [0.717, 1.165) is 10.7 Å². The molecule has 0 bridgehead atoms. The lowest BCUT2D eigenvalue weighted by atomic mass is 10.1. The highest BCUT2D eigenvalue weighted by Crippen LogP contribution is 2.10. The molecule has 0 spiro atoms. The molecule has 0 amide bonds. The van der Waals surface area contributed by atoms with Crippen LogP contribution >= 0.6 is 15.9 Å². The van der Waals surface area contributed by atoms with Crippen molar-refractivity contribution >= 4 is 27.9 Å². The van der Waals surface area contributed by atoms with Crippen LogP contribution in [0.2, 0.25) is 0 Å². The molecule has 1 aromatic rings. The Morgan fingerprint density at radius 3 is 2.31 bits per heavy atom. The van der Waals surface area contributed by atoms with Crippen molar-refractivity contribution < 1.29 is 10.4 Å². The molecule has 0 atom stereocenters. The van der Waals surface area contributed by atoms with Gasteiger partial charge in [-0.1, -0.05) is 38.4 Å². The molecule has 0 heterocycles. The number of hydrogen-bond donors (Lipinski definition) is 2. The third-order valence-corrected chi connectivity index (χ3v) is 1.96. The summed E-state index contributed by atoms with van der Waals surface area (Å²) in [4.78, 5) is 0. The first-order valence-electron chi connectivity index (χ1n) is 3.43. The molecule has 2 N–H and O–H groups in total. The average Bonchev–Trinajstić information content (AvgIpc) is 2.16. The van der Waals surface area contributed by atoms with Crippen LogP contribution in [0.5, 0.6) is 0 Å². The van der Waals surface area contributed by atoms with E-state index in [4.69, 9.17) is 10.4 Å². The molecule has 4 nitrogen and oxygen atoms in total. The molecule has 0 fully saturated rings. The van der Waals surface area contributed by atoms with E-state index in [-0.39, 0.29) is 5.71 Å². The van der Waals surface area contributed by atoms with Gasteiger partial charge < -0.3 is 10.4 Å². The summed E-state index contributed by atoms with van der Waals surface area (Å²) in [5.74, 6) is 0. The number of hydrogen-bond acceptors (Lipinski definition) is 4. The van der Waals surface area contributed by atoms with Crippen molar-refractivity contribution in [2.75, 3.05) is 0 Å². The Morgan fingerprint density at radius 1 is 1.23 bits per heavy atom. The molecule has 0 saturated heterocycles. The average molecular weight is 243 g/mol.